The van der Waals surface area contributed by atoms with E-state index in [1.807, 2.05) is 11.6 Å². The van der Waals surface area contributed by atoms with Gasteiger partial charge in [0.1, 0.15) is 5.69 Å². The SMILES string of the molecule is CC(C)Cc1ccc(-c2c(C=O)ncn2C)cc1. The van der Waals surface area contributed by atoms with Crippen molar-refractivity contribution in [1.29, 1.82) is 0 Å². The Morgan fingerprint density at radius 1 is 1.28 bits per heavy atom. The molecule has 0 aliphatic rings. The molecule has 0 aliphatic carbocycles. The summed E-state index contributed by atoms with van der Waals surface area (Å²) in [6, 6.07) is 8.36. The number of carbonyl (C=O) groups is 1. The summed E-state index contributed by atoms with van der Waals surface area (Å²) in [5.74, 6) is 0.651. The van der Waals surface area contributed by atoms with Crippen molar-refractivity contribution in [2.45, 2.75) is 20.3 Å². The van der Waals surface area contributed by atoms with E-state index >= 15 is 0 Å². The molecule has 3 nitrogen and oxygen atoms in total. The average Bonchev–Trinajstić information content (AvgIpc) is 2.71. The highest BCUT2D eigenvalue weighted by Gasteiger charge is 2.10. The number of aryl methyl sites for hydroxylation is 1. The summed E-state index contributed by atoms with van der Waals surface area (Å²) < 4.78 is 1.88. The maximum absolute atomic E-state index is 11.0. The van der Waals surface area contributed by atoms with Crippen LogP contribution in [-0.2, 0) is 13.5 Å². The van der Waals surface area contributed by atoms with Crippen molar-refractivity contribution in [3.05, 3.63) is 41.9 Å². The lowest BCUT2D eigenvalue weighted by molar-refractivity contribution is 0.112. The number of carbonyl (C=O) groups excluding carboxylic acids is 1. The van der Waals surface area contributed by atoms with E-state index in [0.29, 0.717) is 11.6 Å². The Labute approximate surface area is 107 Å². The van der Waals surface area contributed by atoms with Crippen LogP contribution in [0.15, 0.2) is 30.6 Å². The van der Waals surface area contributed by atoms with E-state index in [2.05, 4.69) is 43.1 Å². The molecule has 0 atom stereocenters. The first-order chi connectivity index (χ1) is 8.61. The van der Waals surface area contributed by atoms with Crippen LogP contribution < -0.4 is 0 Å². The van der Waals surface area contributed by atoms with Gasteiger partial charge >= 0.3 is 0 Å². The minimum Gasteiger partial charge on any atom is -0.333 e. The third kappa shape index (κ3) is 2.50. The first-order valence-electron chi connectivity index (χ1n) is 6.17. The number of imidazole rings is 1. The Kier molecular flexibility index (Phi) is 3.60. The number of nitrogens with zero attached hydrogens (tertiary/aromatic N) is 2. The van der Waals surface area contributed by atoms with E-state index in [-0.39, 0.29) is 0 Å². The van der Waals surface area contributed by atoms with E-state index in [1.54, 1.807) is 6.33 Å². The third-order valence-corrected chi connectivity index (χ3v) is 2.95. The van der Waals surface area contributed by atoms with Gasteiger partial charge in [-0.25, -0.2) is 4.98 Å². The number of rotatable bonds is 4. The van der Waals surface area contributed by atoms with E-state index in [4.69, 9.17) is 0 Å². The van der Waals surface area contributed by atoms with Crippen molar-refractivity contribution < 1.29 is 4.79 Å². The highest BCUT2D eigenvalue weighted by atomic mass is 16.1. The molecular weight excluding hydrogens is 224 g/mol. The van der Waals surface area contributed by atoms with E-state index in [1.165, 1.54) is 5.56 Å². The molecule has 94 valence electrons. The summed E-state index contributed by atoms with van der Waals surface area (Å²) >= 11 is 0. The van der Waals surface area contributed by atoms with Crippen LogP contribution in [0.25, 0.3) is 11.3 Å². The number of hydrogen-bond acceptors (Lipinski definition) is 2. The second kappa shape index (κ2) is 5.17. The van der Waals surface area contributed by atoms with Gasteiger partial charge in [-0.1, -0.05) is 38.1 Å². The summed E-state index contributed by atoms with van der Waals surface area (Å²) in [5.41, 5.74) is 3.73. The fraction of sp³-hybridized carbons (Fsp3) is 0.333. The number of benzene rings is 1. The summed E-state index contributed by atoms with van der Waals surface area (Å²) in [4.78, 5) is 15.0. The molecule has 0 amide bonds. The number of aromatic nitrogens is 2. The molecule has 0 aliphatic heterocycles. The molecule has 0 saturated carbocycles. The van der Waals surface area contributed by atoms with Crippen LogP contribution in [0.3, 0.4) is 0 Å². The van der Waals surface area contributed by atoms with Gasteiger partial charge in [-0.15, -0.1) is 0 Å². The molecule has 2 rings (SSSR count). The first kappa shape index (κ1) is 12.6. The molecule has 0 spiro atoms. The minimum atomic E-state index is 0.495. The van der Waals surface area contributed by atoms with E-state index in [0.717, 1.165) is 24.0 Å². The smallest absolute Gasteiger partial charge is 0.170 e. The third-order valence-electron chi connectivity index (χ3n) is 2.95. The van der Waals surface area contributed by atoms with Crippen LogP contribution in [0.5, 0.6) is 0 Å². The van der Waals surface area contributed by atoms with Crippen molar-refractivity contribution in [3.63, 3.8) is 0 Å². The number of aldehydes is 1. The molecule has 0 bridgehead atoms. The van der Waals surface area contributed by atoms with Crippen LogP contribution in [-0.4, -0.2) is 15.8 Å². The molecular formula is C15H18N2O. The van der Waals surface area contributed by atoms with Gasteiger partial charge in [-0.3, -0.25) is 4.79 Å². The van der Waals surface area contributed by atoms with Gasteiger partial charge in [0.05, 0.1) is 12.0 Å². The topological polar surface area (TPSA) is 34.9 Å². The normalized spacial score (nSPS) is 10.9. The summed E-state index contributed by atoms with van der Waals surface area (Å²) in [5, 5.41) is 0. The lowest BCUT2D eigenvalue weighted by Gasteiger charge is -2.07. The molecule has 0 radical (unpaired) electrons. The predicted molar refractivity (Wildman–Crippen MR) is 72.6 cm³/mol. The quantitative estimate of drug-likeness (QED) is 0.772. The Bertz CT molecular complexity index is 538. The number of hydrogen-bond donors (Lipinski definition) is 0. The molecule has 0 fully saturated rings. The second-order valence-corrected chi connectivity index (χ2v) is 5.00. The molecule has 0 N–H and O–H groups in total. The Balaban J connectivity index is 2.34. The first-order valence-corrected chi connectivity index (χ1v) is 6.17. The molecule has 3 heteroatoms. The van der Waals surface area contributed by atoms with Gasteiger partial charge in [0.15, 0.2) is 6.29 Å². The highest BCUT2D eigenvalue weighted by molar-refractivity contribution is 5.83. The average molecular weight is 242 g/mol. The van der Waals surface area contributed by atoms with Gasteiger partial charge in [-0.05, 0) is 17.9 Å². The van der Waals surface area contributed by atoms with Crippen LogP contribution in [0.1, 0.15) is 29.9 Å². The maximum Gasteiger partial charge on any atom is 0.170 e. The zero-order valence-corrected chi connectivity index (χ0v) is 11.1. The molecule has 18 heavy (non-hydrogen) atoms. The van der Waals surface area contributed by atoms with Crippen molar-refractivity contribution in [2.75, 3.05) is 0 Å². The lowest BCUT2D eigenvalue weighted by Crippen LogP contribution is -1.96. The van der Waals surface area contributed by atoms with E-state index < -0.39 is 0 Å². The molecule has 1 aromatic carbocycles. The second-order valence-electron chi connectivity index (χ2n) is 5.00. The molecule has 0 unspecified atom stereocenters. The standard InChI is InChI=1S/C15H18N2O/c1-11(2)8-12-4-6-13(7-5-12)15-14(9-18)16-10-17(15)3/h4-7,9-11H,8H2,1-3H3. The zero-order chi connectivity index (χ0) is 13.1. The van der Waals surface area contributed by atoms with E-state index in [9.17, 15) is 4.79 Å². The van der Waals surface area contributed by atoms with Crippen LogP contribution in [0.2, 0.25) is 0 Å². The minimum absolute atomic E-state index is 0.495. The van der Waals surface area contributed by atoms with Crippen LogP contribution in [0, 0.1) is 5.92 Å². The highest BCUT2D eigenvalue weighted by Crippen LogP contribution is 2.22. The summed E-state index contributed by atoms with van der Waals surface area (Å²) in [7, 11) is 1.90. The van der Waals surface area contributed by atoms with Gasteiger partial charge in [-0.2, -0.15) is 0 Å². The summed E-state index contributed by atoms with van der Waals surface area (Å²) in [6.45, 7) is 4.42. The Morgan fingerprint density at radius 2 is 1.94 bits per heavy atom. The Morgan fingerprint density at radius 3 is 2.50 bits per heavy atom. The van der Waals surface area contributed by atoms with Crippen LogP contribution >= 0.6 is 0 Å². The Hall–Kier alpha value is -1.90. The molecule has 1 aromatic heterocycles. The molecule has 1 heterocycles. The van der Waals surface area contributed by atoms with Crippen molar-refractivity contribution >= 4 is 6.29 Å². The van der Waals surface area contributed by atoms with Crippen molar-refractivity contribution in [1.82, 2.24) is 9.55 Å². The zero-order valence-electron chi connectivity index (χ0n) is 11.1. The van der Waals surface area contributed by atoms with Crippen molar-refractivity contribution in [2.24, 2.45) is 13.0 Å². The molecule has 2 aromatic rings. The largest absolute Gasteiger partial charge is 0.333 e. The fourth-order valence-corrected chi connectivity index (χ4v) is 2.16. The predicted octanol–water partition coefficient (Wildman–Crippen LogP) is 3.10. The molecule has 0 saturated heterocycles. The summed E-state index contributed by atoms with van der Waals surface area (Å²) in [6.07, 6.45) is 3.55. The van der Waals surface area contributed by atoms with Gasteiger partial charge in [0.25, 0.3) is 0 Å². The van der Waals surface area contributed by atoms with Crippen LogP contribution in [0.4, 0.5) is 0 Å². The van der Waals surface area contributed by atoms with Gasteiger partial charge < -0.3 is 4.57 Å². The fourth-order valence-electron chi connectivity index (χ4n) is 2.16. The van der Waals surface area contributed by atoms with Crippen molar-refractivity contribution in [3.8, 4) is 11.3 Å². The van der Waals surface area contributed by atoms with Gasteiger partial charge in [0.2, 0.25) is 0 Å². The lowest BCUT2D eigenvalue weighted by atomic mass is 10.0. The van der Waals surface area contributed by atoms with Gasteiger partial charge in [0, 0.05) is 12.6 Å². The monoisotopic (exact) mass is 242 g/mol. The maximum atomic E-state index is 11.0.